The molecule has 0 radical (unpaired) electrons. The van der Waals surface area contributed by atoms with Gasteiger partial charge in [-0.05, 0) is 50.8 Å². The normalized spacial score (nSPS) is 12.7. The van der Waals surface area contributed by atoms with Gasteiger partial charge in [0.25, 0.3) is 0 Å². The van der Waals surface area contributed by atoms with Crippen molar-refractivity contribution < 1.29 is 4.39 Å². The summed E-state index contributed by atoms with van der Waals surface area (Å²) in [5.74, 6) is 0. The number of hydrogen-bond acceptors (Lipinski definition) is 0. The van der Waals surface area contributed by atoms with E-state index in [1.54, 1.807) is 6.92 Å². The predicted molar refractivity (Wildman–Crippen MR) is 66.6 cm³/mol. The van der Waals surface area contributed by atoms with Gasteiger partial charge < -0.3 is 0 Å². The summed E-state index contributed by atoms with van der Waals surface area (Å²) in [7, 11) is 0. The van der Waals surface area contributed by atoms with Crippen molar-refractivity contribution in [2.24, 2.45) is 0 Å². The summed E-state index contributed by atoms with van der Waals surface area (Å²) in [5, 5.41) is 2.30. The third-order valence-corrected chi connectivity index (χ3v) is 3.06. The molecule has 0 unspecified atom stereocenters. The molecule has 0 aliphatic carbocycles. The van der Waals surface area contributed by atoms with Gasteiger partial charge in [-0.2, -0.15) is 4.39 Å². The minimum atomic E-state index is -0.308. The molecular formula is C13H10BrF. The van der Waals surface area contributed by atoms with E-state index in [0.717, 1.165) is 10.9 Å². The SMILES string of the molecule is C/C(=C(\F)Br)c1ccc2ccccc2c1. The van der Waals surface area contributed by atoms with Gasteiger partial charge in [-0.1, -0.05) is 36.4 Å². The van der Waals surface area contributed by atoms with Gasteiger partial charge in [0.2, 0.25) is 0 Å². The van der Waals surface area contributed by atoms with Crippen molar-refractivity contribution in [1.82, 2.24) is 0 Å². The summed E-state index contributed by atoms with van der Waals surface area (Å²) in [5.41, 5.74) is 1.53. The Morgan fingerprint density at radius 3 is 2.40 bits per heavy atom. The summed E-state index contributed by atoms with van der Waals surface area (Å²) in [6.07, 6.45) is 0. The van der Waals surface area contributed by atoms with Gasteiger partial charge >= 0.3 is 0 Å². The second kappa shape index (κ2) is 4.15. The van der Waals surface area contributed by atoms with Crippen molar-refractivity contribution >= 4 is 32.3 Å². The Labute approximate surface area is 96.6 Å². The first-order valence-electron chi connectivity index (χ1n) is 4.69. The lowest BCUT2D eigenvalue weighted by atomic mass is 10.0. The molecule has 0 fully saturated rings. The van der Waals surface area contributed by atoms with Gasteiger partial charge in [0.1, 0.15) is 0 Å². The highest BCUT2D eigenvalue weighted by molar-refractivity contribution is 9.11. The van der Waals surface area contributed by atoms with Crippen molar-refractivity contribution in [2.45, 2.75) is 6.92 Å². The van der Waals surface area contributed by atoms with Crippen LogP contribution >= 0.6 is 15.9 Å². The maximum atomic E-state index is 13.0. The lowest BCUT2D eigenvalue weighted by Gasteiger charge is -2.03. The van der Waals surface area contributed by atoms with Crippen LogP contribution in [0.2, 0.25) is 0 Å². The van der Waals surface area contributed by atoms with E-state index in [-0.39, 0.29) is 4.74 Å². The highest BCUT2D eigenvalue weighted by Gasteiger charge is 2.02. The number of hydrogen-bond donors (Lipinski definition) is 0. The lowest BCUT2D eigenvalue weighted by Crippen LogP contribution is -1.81. The van der Waals surface area contributed by atoms with Crippen LogP contribution in [0, 0.1) is 0 Å². The van der Waals surface area contributed by atoms with Crippen molar-refractivity contribution in [2.75, 3.05) is 0 Å². The van der Waals surface area contributed by atoms with Gasteiger partial charge in [-0.15, -0.1) is 0 Å². The van der Waals surface area contributed by atoms with E-state index < -0.39 is 0 Å². The zero-order chi connectivity index (χ0) is 10.8. The van der Waals surface area contributed by atoms with Crippen molar-refractivity contribution in [3.05, 3.63) is 52.8 Å². The Bertz CT molecular complexity index is 525. The number of allylic oxidation sites excluding steroid dienone is 1. The molecule has 76 valence electrons. The largest absolute Gasteiger partial charge is 0.199 e. The predicted octanol–water partition coefficient (Wildman–Crippen LogP) is 4.89. The third-order valence-electron chi connectivity index (χ3n) is 2.47. The van der Waals surface area contributed by atoms with Crippen LogP contribution in [-0.2, 0) is 0 Å². The molecular weight excluding hydrogens is 255 g/mol. The molecule has 0 saturated heterocycles. The Balaban J connectivity index is 2.62. The van der Waals surface area contributed by atoms with E-state index in [1.165, 1.54) is 5.39 Å². The molecule has 0 heterocycles. The summed E-state index contributed by atoms with van der Waals surface area (Å²) >= 11 is 2.85. The second-order valence-corrected chi connectivity index (χ2v) is 4.14. The van der Waals surface area contributed by atoms with Gasteiger partial charge in [0.15, 0.2) is 4.74 Å². The first kappa shape index (κ1) is 10.4. The standard InChI is InChI=1S/C13H10BrF/c1-9(13(14)15)11-7-6-10-4-2-3-5-12(10)8-11/h2-8H,1H3/b13-9+. The molecule has 2 heteroatoms. The minimum absolute atomic E-state index is 0.308. The average molecular weight is 265 g/mol. The summed E-state index contributed by atoms with van der Waals surface area (Å²) < 4.78 is 12.7. The highest BCUT2D eigenvalue weighted by Crippen LogP contribution is 2.26. The Hall–Kier alpha value is -1.15. The zero-order valence-corrected chi connectivity index (χ0v) is 9.88. The number of rotatable bonds is 1. The van der Waals surface area contributed by atoms with Crippen LogP contribution in [0.15, 0.2) is 47.2 Å². The molecule has 0 aliphatic heterocycles. The fourth-order valence-electron chi connectivity index (χ4n) is 1.53. The Morgan fingerprint density at radius 2 is 1.73 bits per heavy atom. The smallest absolute Gasteiger partial charge is 0.169 e. The van der Waals surface area contributed by atoms with E-state index in [4.69, 9.17) is 0 Å². The first-order valence-corrected chi connectivity index (χ1v) is 5.49. The van der Waals surface area contributed by atoms with Crippen molar-refractivity contribution in [3.63, 3.8) is 0 Å². The summed E-state index contributed by atoms with van der Waals surface area (Å²) in [4.78, 5) is 0. The lowest BCUT2D eigenvalue weighted by molar-refractivity contribution is 0.707. The molecule has 0 saturated carbocycles. The van der Waals surface area contributed by atoms with E-state index >= 15 is 0 Å². The van der Waals surface area contributed by atoms with Crippen LogP contribution in [0.25, 0.3) is 16.3 Å². The topological polar surface area (TPSA) is 0 Å². The van der Waals surface area contributed by atoms with Crippen LogP contribution in [0.4, 0.5) is 4.39 Å². The van der Waals surface area contributed by atoms with Crippen LogP contribution in [0.5, 0.6) is 0 Å². The monoisotopic (exact) mass is 264 g/mol. The van der Waals surface area contributed by atoms with Crippen molar-refractivity contribution in [1.29, 1.82) is 0 Å². The van der Waals surface area contributed by atoms with E-state index in [9.17, 15) is 4.39 Å². The number of halogens is 2. The maximum absolute atomic E-state index is 13.0. The molecule has 0 bridgehead atoms. The third kappa shape index (κ3) is 2.10. The van der Waals surface area contributed by atoms with Crippen LogP contribution in [0.3, 0.4) is 0 Å². The van der Waals surface area contributed by atoms with E-state index in [2.05, 4.69) is 15.9 Å². The Morgan fingerprint density at radius 1 is 1.07 bits per heavy atom. The number of fused-ring (bicyclic) bond motifs is 1. The molecule has 2 aromatic rings. The zero-order valence-electron chi connectivity index (χ0n) is 8.30. The average Bonchev–Trinajstić information content (AvgIpc) is 2.27. The van der Waals surface area contributed by atoms with E-state index in [1.807, 2.05) is 42.5 Å². The molecule has 0 spiro atoms. The quantitative estimate of drug-likeness (QED) is 0.688. The second-order valence-electron chi connectivity index (χ2n) is 3.45. The van der Waals surface area contributed by atoms with Gasteiger partial charge in [-0.25, -0.2) is 0 Å². The molecule has 0 aromatic heterocycles. The molecule has 0 aliphatic rings. The van der Waals surface area contributed by atoms with Gasteiger partial charge in [0.05, 0.1) is 0 Å². The molecule has 0 N–H and O–H groups in total. The summed E-state index contributed by atoms with van der Waals surface area (Å²) in [6, 6.07) is 14.0. The van der Waals surface area contributed by atoms with E-state index in [0.29, 0.717) is 5.57 Å². The van der Waals surface area contributed by atoms with Crippen LogP contribution < -0.4 is 0 Å². The molecule has 2 rings (SSSR count). The maximum Gasteiger partial charge on any atom is 0.169 e. The van der Waals surface area contributed by atoms with Gasteiger partial charge in [-0.3, -0.25) is 0 Å². The molecule has 0 nitrogen and oxygen atoms in total. The number of benzene rings is 2. The van der Waals surface area contributed by atoms with Crippen LogP contribution in [-0.4, -0.2) is 0 Å². The molecule has 0 atom stereocenters. The van der Waals surface area contributed by atoms with Crippen LogP contribution in [0.1, 0.15) is 12.5 Å². The van der Waals surface area contributed by atoms with Gasteiger partial charge in [0, 0.05) is 0 Å². The molecule has 2 aromatic carbocycles. The Kier molecular flexibility index (Phi) is 2.87. The fraction of sp³-hybridized carbons (Fsp3) is 0.0769. The molecule has 15 heavy (non-hydrogen) atoms. The first-order chi connectivity index (χ1) is 7.18. The fourth-order valence-corrected chi connectivity index (χ4v) is 1.76. The minimum Gasteiger partial charge on any atom is -0.199 e. The molecule has 0 amide bonds. The highest BCUT2D eigenvalue weighted by atomic mass is 79.9. The van der Waals surface area contributed by atoms with Crippen molar-refractivity contribution in [3.8, 4) is 0 Å². The summed E-state index contributed by atoms with van der Waals surface area (Å²) in [6.45, 7) is 1.76.